The average molecular weight is 272 g/mol. The van der Waals surface area contributed by atoms with Crippen molar-refractivity contribution in [3.8, 4) is 0 Å². The summed E-state index contributed by atoms with van der Waals surface area (Å²) in [5.41, 5.74) is 7.06. The minimum absolute atomic E-state index is 0.00126. The van der Waals surface area contributed by atoms with Crippen molar-refractivity contribution in [2.45, 2.75) is 13.0 Å². The molecule has 1 aromatic rings. The first kappa shape index (κ1) is 14.2. The van der Waals surface area contributed by atoms with Gasteiger partial charge in [-0.15, -0.1) is 0 Å². The molecule has 0 heterocycles. The lowest BCUT2D eigenvalue weighted by atomic mass is 10.1. The topological polar surface area (TPSA) is 53.1 Å². The number of nitrogens with zero attached hydrogens (tertiary/aromatic N) is 1. The largest absolute Gasteiger partial charge is 0.384 e. The van der Waals surface area contributed by atoms with Gasteiger partial charge in [0.1, 0.15) is 5.84 Å². The van der Waals surface area contributed by atoms with Crippen LogP contribution in [0.3, 0.4) is 0 Å². The normalized spacial score (nSPS) is 12.2. The minimum Gasteiger partial charge on any atom is -0.384 e. The van der Waals surface area contributed by atoms with E-state index in [2.05, 4.69) is 18.1 Å². The molecule has 17 heavy (non-hydrogen) atoms. The second kappa shape index (κ2) is 6.17. The van der Waals surface area contributed by atoms with Crippen LogP contribution in [-0.4, -0.2) is 30.9 Å². The van der Waals surface area contributed by atoms with E-state index in [9.17, 15) is 0 Å². The number of thioether (sulfide) groups is 1. The summed E-state index contributed by atoms with van der Waals surface area (Å²) in [4.78, 5) is 2.17. The molecular weight excluding hydrogens is 254 g/mol. The van der Waals surface area contributed by atoms with E-state index in [1.165, 1.54) is 0 Å². The second-order valence-electron chi connectivity index (χ2n) is 3.99. The fourth-order valence-electron chi connectivity index (χ4n) is 1.55. The predicted molar refractivity (Wildman–Crippen MR) is 78.7 cm³/mol. The van der Waals surface area contributed by atoms with Crippen LogP contribution in [0.25, 0.3) is 0 Å². The Morgan fingerprint density at radius 1 is 1.59 bits per heavy atom. The number of hydrogen-bond acceptors (Lipinski definition) is 3. The Kier molecular flexibility index (Phi) is 5.15. The number of halogens is 1. The molecule has 0 saturated carbocycles. The summed E-state index contributed by atoms with van der Waals surface area (Å²) in [6, 6.07) is 6.03. The number of nitrogens with two attached hydrogens (primary N) is 1. The molecule has 5 heteroatoms. The number of nitrogen functional groups attached to an aromatic ring is 1. The first-order valence-electron chi connectivity index (χ1n) is 5.33. The maximum absolute atomic E-state index is 7.38. The van der Waals surface area contributed by atoms with Crippen molar-refractivity contribution in [1.82, 2.24) is 0 Å². The number of nitrogens with one attached hydrogen (secondary N) is 1. The molecule has 0 saturated heterocycles. The monoisotopic (exact) mass is 271 g/mol. The molecule has 0 aromatic heterocycles. The Balaban J connectivity index is 2.93. The Hall–Kier alpha value is -0.870. The van der Waals surface area contributed by atoms with Crippen LogP contribution in [0.2, 0.25) is 5.02 Å². The van der Waals surface area contributed by atoms with Crippen LogP contribution in [0.1, 0.15) is 12.5 Å². The first-order chi connectivity index (χ1) is 7.97. The highest BCUT2D eigenvalue weighted by atomic mass is 35.5. The Morgan fingerprint density at radius 3 is 2.71 bits per heavy atom. The van der Waals surface area contributed by atoms with E-state index in [-0.39, 0.29) is 5.84 Å². The van der Waals surface area contributed by atoms with Crippen molar-refractivity contribution in [3.63, 3.8) is 0 Å². The number of anilines is 1. The number of amidine groups is 1. The molecule has 0 fully saturated rings. The summed E-state index contributed by atoms with van der Waals surface area (Å²) in [6.45, 7) is 2.17. The molecule has 1 aromatic carbocycles. The fourth-order valence-corrected chi connectivity index (χ4v) is 2.53. The molecule has 0 radical (unpaired) electrons. The molecule has 3 N–H and O–H groups in total. The van der Waals surface area contributed by atoms with Gasteiger partial charge in [-0.3, -0.25) is 5.41 Å². The molecule has 0 amide bonds. The third-order valence-corrected chi connectivity index (χ3v) is 3.85. The molecule has 1 atom stereocenters. The van der Waals surface area contributed by atoms with Crippen molar-refractivity contribution in [3.05, 3.63) is 28.8 Å². The average Bonchev–Trinajstić information content (AvgIpc) is 2.27. The number of rotatable bonds is 5. The number of benzene rings is 1. The summed E-state index contributed by atoms with van der Waals surface area (Å²) in [5, 5.41) is 7.91. The number of hydrogen-bond donors (Lipinski definition) is 2. The van der Waals surface area contributed by atoms with Crippen molar-refractivity contribution < 1.29 is 0 Å². The standard InChI is InChI=1S/C12H18ClN3S/c1-8(7-17-3)16(2)9-4-5-10(12(14)15)11(13)6-9/h4-6,8H,7H2,1-3H3,(H3,14,15). The fraction of sp³-hybridized carbons (Fsp3) is 0.417. The minimum atomic E-state index is 0.00126. The van der Waals surface area contributed by atoms with Crippen LogP contribution in [0.5, 0.6) is 0 Å². The van der Waals surface area contributed by atoms with E-state index in [1.807, 2.05) is 30.9 Å². The maximum atomic E-state index is 7.38. The van der Waals surface area contributed by atoms with E-state index in [1.54, 1.807) is 6.07 Å². The predicted octanol–water partition coefficient (Wildman–Crippen LogP) is 2.81. The summed E-state index contributed by atoms with van der Waals surface area (Å²) in [5.74, 6) is 1.06. The molecule has 0 aliphatic rings. The van der Waals surface area contributed by atoms with Gasteiger partial charge in [0, 0.05) is 30.1 Å². The van der Waals surface area contributed by atoms with Gasteiger partial charge < -0.3 is 10.6 Å². The third-order valence-electron chi connectivity index (χ3n) is 2.72. The van der Waals surface area contributed by atoms with Gasteiger partial charge in [-0.05, 0) is 31.4 Å². The van der Waals surface area contributed by atoms with Crippen molar-refractivity contribution in [1.29, 1.82) is 5.41 Å². The van der Waals surface area contributed by atoms with Crippen molar-refractivity contribution >= 4 is 34.9 Å². The molecule has 1 rings (SSSR count). The van der Waals surface area contributed by atoms with Crippen LogP contribution < -0.4 is 10.6 Å². The summed E-state index contributed by atoms with van der Waals surface area (Å²) < 4.78 is 0. The highest BCUT2D eigenvalue weighted by Crippen LogP contribution is 2.24. The van der Waals surface area contributed by atoms with Crippen LogP contribution in [0.15, 0.2) is 18.2 Å². The van der Waals surface area contributed by atoms with Gasteiger partial charge in [0.2, 0.25) is 0 Å². The molecular formula is C12H18ClN3S. The Morgan fingerprint density at radius 2 is 2.24 bits per heavy atom. The molecule has 0 bridgehead atoms. The van der Waals surface area contributed by atoms with Crippen LogP contribution >= 0.6 is 23.4 Å². The van der Waals surface area contributed by atoms with Crippen LogP contribution in [-0.2, 0) is 0 Å². The molecule has 3 nitrogen and oxygen atoms in total. The second-order valence-corrected chi connectivity index (χ2v) is 5.31. The van der Waals surface area contributed by atoms with E-state index in [0.29, 0.717) is 16.6 Å². The van der Waals surface area contributed by atoms with Gasteiger partial charge in [0.15, 0.2) is 0 Å². The maximum Gasteiger partial charge on any atom is 0.124 e. The van der Waals surface area contributed by atoms with E-state index < -0.39 is 0 Å². The highest BCUT2D eigenvalue weighted by Gasteiger charge is 2.11. The Bertz CT molecular complexity index is 409. The van der Waals surface area contributed by atoms with Gasteiger partial charge in [0.25, 0.3) is 0 Å². The zero-order chi connectivity index (χ0) is 13.0. The molecule has 1 unspecified atom stereocenters. The lowest BCUT2D eigenvalue weighted by Gasteiger charge is -2.27. The zero-order valence-electron chi connectivity index (χ0n) is 10.3. The lowest BCUT2D eigenvalue weighted by Crippen LogP contribution is -2.30. The Labute approximate surface area is 112 Å². The van der Waals surface area contributed by atoms with Gasteiger partial charge >= 0.3 is 0 Å². The molecule has 0 aliphatic heterocycles. The summed E-state index contributed by atoms with van der Waals surface area (Å²) in [7, 11) is 2.04. The molecule has 94 valence electrons. The zero-order valence-corrected chi connectivity index (χ0v) is 11.9. The van der Waals surface area contributed by atoms with Gasteiger partial charge in [-0.2, -0.15) is 11.8 Å². The van der Waals surface area contributed by atoms with E-state index in [4.69, 9.17) is 22.7 Å². The lowest BCUT2D eigenvalue weighted by molar-refractivity contribution is 0.765. The molecule has 0 aliphatic carbocycles. The molecule has 0 spiro atoms. The van der Waals surface area contributed by atoms with Gasteiger partial charge in [-0.1, -0.05) is 11.6 Å². The van der Waals surface area contributed by atoms with E-state index in [0.717, 1.165) is 11.4 Å². The van der Waals surface area contributed by atoms with Crippen LogP contribution in [0.4, 0.5) is 5.69 Å². The quantitative estimate of drug-likeness (QED) is 0.640. The van der Waals surface area contributed by atoms with E-state index >= 15 is 0 Å². The van der Waals surface area contributed by atoms with Gasteiger partial charge in [-0.25, -0.2) is 0 Å². The van der Waals surface area contributed by atoms with Crippen molar-refractivity contribution in [2.24, 2.45) is 5.73 Å². The van der Waals surface area contributed by atoms with Crippen LogP contribution in [0, 0.1) is 5.41 Å². The third kappa shape index (κ3) is 3.54. The smallest absolute Gasteiger partial charge is 0.124 e. The first-order valence-corrected chi connectivity index (χ1v) is 7.10. The highest BCUT2D eigenvalue weighted by molar-refractivity contribution is 7.98. The van der Waals surface area contributed by atoms with Crippen molar-refractivity contribution in [2.75, 3.05) is 24.0 Å². The SMILES string of the molecule is CSCC(C)N(C)c1ccc(C(=N)N)c(Cl)c1. The van der Waals surface area contributed by atoms with Gasteiger partial charge in [0.05, 0.1) is 5.02 Å². The summed E-state index contributed by atoms with van der Waals surface area (Å²) >= 11 is 7.91. The summed E-state index contributed by atoms with van der Waals surface area (Å²) in [6.07, 6.45) is 2.09.